The Bertz CT molecular complexity index is 837. The Hall–Kier alpha value is -2.00. The molecule has 1 atom stereocenters. The van der Waals surface area contributed by atoms with Gasteiger partial charge in [0.15, 0.2) is 11.5 Å². The Morgan fingerprint density at radius 3 is 2.57 bits per heavy atom. The highest BCUT2D eigenvalue weighted by Crippen LogP contribution is 2.35. The van der Waals surface area contributed by atoms with E-state index in [1.54, 1.807) is 25.1 Å². The molecular formula is C21H33N3O5S. The first-order valence-electron chi connectivity index (χ1n) is 10.6. The van der Waals surface area contributed by atoms with Gasteiger partial charge in [-0.25, -0.2) is 8.42 Å². The number of sulfonamides is 1. The molecule has 0 aromatic heterocycles. The first kappa shape index (κ1) is 22.7. The first-order valence-corrected chi connectivity index (χ1v) is 12.5. The number of amides is 1. The lowest BCUT2D eigenvalue weighted by Gasteiger charge is -2.30. The number of hydrogen-bond donors (Lipinski definition) is 1. The van der Waals surface area contributed by atoms with Crippen molar-refractivity contribution in [2.45, 2.75) is 39.2 Å². The Kier molecular flexibility index (Phi) is 7.46. The number of ether oxygens (including phenoxy) is 2. The second kappa shape index (κ2) is 9.87. The third-order valence-electron chi connectivity index (χ3n) is 5.70. The van der Waals surface area contributed by atoms with Crippen molar-refractivity contribution in [2.75, 3.05) is 50.0 Å². The van der Waals surface area contributed by atoms with Crippen LogP contribution in [0.15, 0.2) is 18.2 Å². The largest absolute Gasteiger partial charge is 0.486 e. The van der Waals surface area contributed by atoms with Gasteiger partial charge in [-0.15, -0.1) is 0 Å². The molecule has 1 N–H and O–H groups in total. The van der Waals surface area contributed by atoms with Crippen LogP contribution in [-0.2, 0) is 14.8 Å². The summed E-state index contributed by atoms with van der Waals surface area (Å²) in [6.45, 7) is 8.42. The normalized spacial score (nSPS) is 18.6. The number of likely N-dealkylation sites (tertiary alicyclic amines) is 1. The molecule has 0 aliphatic carbocycles. The highest BCUT2D eigenvalue weighted by molar-refractivity contribution is 7.92. The number of hydrogen-bond acceptors (Lipinski definition) is 6. The number of carbonyl (C=O) groups excluding carboxylic acids is 1. The zero-order valence-electron chi connectivity index (χ0n) is 18.1. The van der Waals surface area contributed by atoms with Gasteiger partial charge in [0.1, 0.15) is 19.3 Å². The number of rotatable bonds is 8. The second-order valence-corrected chi connectivity index (χ2v) is 10.1. The Balaban J connectivity index is 1.58. The zero-order chi connectivity index (χ0) is 21.7. The minimum atomic E-state index is -3.67. The average Bonchev–Trinajstić information content (AvgIpc) is 2.71. The Labute approximate surface area is 179 Å². The molecule has 0 saturated carbocycles. The molecule has 1 unspecified atom stereocenters. The van der Waals surface area contributed by atoms with Crippen LogP contribution in [0.5, 0.6) is 11.5 Å². The second-order valence-electron chi connectivity index (χ2n) is 8.23. The number of anilines is 1. The van der Waals surface area contributed by atoms with E-state index in [-0.39, 0.29) is 5.91 Å². The van der Waals surface area contributed by atoms with Crippen molar-refractivity contribution < 1.29 is 22.7 Å². The van der Waals surface area contributed by atoms with Crippen LogP contribution in [0.1, 0.15) is 33.1 Å². The summed E-state index contributed by atoms with van der Waals surface area (Å²) in [6.07, 6.45) is 4.39. The van der Waals surface area contributed by atoms with E-state index in [1.807, 2.05) is 0 Å². The minimum Gasteiger partial charge on any atom is -0.486 e. The number of carbonyl (C=O) groups is 1. The van der Waals surface area contributed by atoms with Crippen molar-refractivity contribution in [3.63, 3.8) is 0 Å². The monoisotopic (exact) mass is 439 g/mol. The third-order valence-corrected chi connectivity index (χ3v) is 6.94. The zero-order valence-corrected chi connectivity index (χ0v) is 18.9. The van der Waals surface area contributed by atoms with Crippen LogP contribution < -0.4 is 19.1 Å². The molecule has 1 aromatic carbocycles. The molecule has 0 spiro atoms. The lowest BCUT2D eigenvalue weighted by Crippen LogP contribution is -2.48. The predicted molar refractivity (Wildman–Crippen MR) is 117 cm³/mol. The van der Waals surface area contributed by atoms with Gasteiger partial charge in [0.05, 0.1) is 11.9 Å². The van der Waals surface area contributed by atoms with Crippen LogP contribution in [0.4, 0.5) is 5.69 Å². The SMILES string of the molecule is CC1CCN(CCCNC(=O)C(C)N(c2ccc3c(c2)OCCO3)S(C)(=O)=O)CC1. The number of nitrogens with one attached hydrogen (secondary N) is 1. The lowest BCUT2D eigenvalue weighted by atomic mass is 9.99. The van der Waals surface area contributed by atoms with Crippen LogP contribution in [0.25, 0.3) is 0 Å². The van der Waals surface area contributed by atoms with E-state index in [4.69, 9.17) is 9.47 Å². The lowest BCUT2D eigenvalue weighted by molar-refractivity contribution is -0.121. The fraction of sp³-hybridized carbons (Fsp3) is 0.667. The molecule has 9 heteroatoms. The van der Waals surface area contributed by atoms with Gasteiger partial charge in [-0.05, 0) is 63.9 Å². The van der Waals surface area contributed by atoms with Crippen molar-refractivity contribution in [3.8, 4) is 11.5 Å². The summed E-state index contributed by atoms with van der Waals surface area (Å²) in [5.41, 5.74) is 0.381. The highest BCUT2D eigenvalue weighted by atomic mass is 32.2. The molecule has 30 heavy (non-hydrogen) atoms. The third kappa shape index (κ3) is 5.78. The van der Waals surface area contributed by atoms with Crippen molar-refractivity contribution in [1.29, 1.82) is 0 Å². The average molecular weight is 440 g/mol. The molecule has 2 aliphatic rings. The van der Waals surface area contributed by atoms with Crippen LogP contribution in [0.2, 0.25) is 0 Å². The van der Waals surface area contributed by atoms with Crippen molar-refractivity contribution >= 4 is 21.6 Å². The molecule has 3 rings (SSSR count). The smallest absolute Gasteiger partial charge is 0.243 e. The van der Waals surface area contributed by atoms with E-state index in [0.29, 0.717) is 36.9 Å². The number of benzene rings is 1. The van der Waals surface area contributed by atoms with E-state index < -0.39 is 16.1 Å². The van der Waals surface area contributed by atoms with E-state index in [2.05, 4.69) is 17.1 Å². The quantitative estimate of drug-likeness (QED) is 0.622. The van der Waals surface area contributed by atoms with Crippen LogP contribution in [-0.4, -0.2) is 70.9 Å². The fourth-order valence-corrected chi connectivity index (χ4v) is 5.09. The number of nitrogens with zero attached hydrogens (tertiary/aromatic N) is 2. The van der Waals surface area contributed by atoms with Gasteiger partial charge in [-0.3, -0.25) is 9.10 Å². The van der Waals surface area contributed by atoms with Gasteiger partial charge in [-0.2, -0.15) is 0 Å². The molecule has 1 saturated heterocycles. The summed E-state index contributed by atoms with van der Waals surface area (Å²) in [5, 5.41) is 2.89. The maximum atomic E-state index is 12.7. The predicted octanol–water partition coefficient (Wildman–Crippen LogP) is 1.85. The first-order chi connectivity index (χ1) is 14.3. The van der Waals surface area contributed by atoms with Crippen LogP contribution in [0, 0.1) is 5.92 Å². The van der Waals surface area contributed by atoms with E-state index in [1.165, 1.54) is 12.8 Å². The molecular weight excluding hydrogens is 406 g/mol. The molecule has 1 fully saturated rings. The summed E-state index contributed by atoms with van der Waals surface area (Å²) in [6, 6.07) is 4.04. The van der Waals surface area contributed by atoms with Gasteiger partial charge in [0, 0.05) is 12.6 Å². The number of fused-ring (bicyclic) bond motifs is 1. The van der Waals surface area contributed by atoms with E-state index >= 15 is 0 Å². The topological polar surface area (TPSA) is 88.2 Å². The minimum absolute atomic E-state index is 0.317. The number of piperidine rings is 1. The molecule has 0 radical (unpaired) electrons. The molecule has 2 heterocycles. The summed E-state index contributed by atoms with van der Waals surface area (Å²) < 4.78 is 37.1. The van der Waals surface area contributed by atoms with Crippen LogP contribution >= 0.6 is 0 Å². The molecule has 0 bridgehead atoms. The standard InChI is InChI=1S/C21H33N3O5S/c1-16-7-11-23(12-8-16)10-4-9-22-21(25)17(2)24(30(3,26)27)18-5-6-19-20(15-18)29-14-13-28-19/h5-6,15-17H,4,7-14H2,1-3H3,(H,22,25). The molecule has 2 aliphatic heterocycles. The summed E-state index contributed by atoms with van der Waals surface area (Å²) in [4.78, 5) is 15.1. The van der Waals surface area contributed by atoms with Crippen molar-refractivity contribution in [2.24, 2.45) is 5.92 Å². The Morgan fingerprint density at radius 2 is 1.90 bits per heavy atom. The molecule has 1 amide bonds. The van der Waals surface area contributed by atoms with Crippen molar-refractivity contribution in [1.82, 2.24) is 10.2 Å². The van der Waals surface area contributed by atoms with Gasteiger partial charge in [0.2, 0.25) is 15.9 Å². The fourth-order valence-electron chi connectivity index (χ4n) is 3.93. The van der Waals surface area contributed by atoms with E-state index in [0.717, 1.165) is 42.5 Å². The summed E-state index contributed by atoms with van der Waals surface area (Å²) >= 11 is 0. The summed E-state index contributed by atoms with van der Waals surface area (Å²) in [5.74, 6) is 1.53. The van der Waals surface area contributed by atoms with Crippen LogP contribution in [0.3, 0.4) is 0 Å². The van der Waals surface area contributed by atoms with E-state index in [9.17, 15) is 13.2 Å². The maximum Gasteiger partial charge on any atom is 0.243 e. The van der Waals surface area contributed by atoms with Crippen molar-refractivity contribution in [3.05, 3.63) is 18.2 Å². The highest BCUT2D eigenvalue weighted by Gasteiger charge is 2.30. The van der Waals surface area contributed by atoms with Gasteiger partial charge in [0.25, 0.3) is 0 Å². The van der Waals surface area contributed by atoms with Gasteiger partial charge in [-0.1, -0.05) is 6.92 Å². The van der Waals surface area contributed by atoms with Gasteiger partial charge >= 0.3 is 0 Å². The molecule has 168 valence electrons. The maximum absolute atomic E-state index is 12.7. The molecule has 1 aromatic rings. The Morgan fingerprint density at radius 1 is 1.23 bits per heavy atom. The molecule has 8 nitrogen and oxygen atoms in total. The summed E-state index contributed by atoms with van der Waals surface area (Å²) in [7, 11) is -3.67. The van der Waals surface area contributed by atoms with Gasteiger partial charge < -0.3 is 19.7 Å².